The van der Waals surface area contributed by atoms with E-state index in [1.807, 2.05) is 12.1 Å². The Labute approximate surface area is 115 Å². The molecule has 1 N–H and O–H groups in total. The smallest absolute Gasteiger partial charge is 0.142 e. The van der Waals surface area contributed by atoms with Gasteiger partial charge >= 0.3 is 0 Å². The van der Waals surface area contributed by atoms with Crippen molar-refractivity contribution in [1.82, 2.24) is 9.88 Å². The fourth-order valence-corrected chi connectivity index (χ4v) is 2.66. The molecule has 0 aromatic carbocycles. The van der Waals surface area contributed by atoms with E-state index in [1.165, 1.54) is 32.1 Å². The van der Waals surface area contributed by atoms with Gasteiger partial charge in [-0.15, -0.1) is 0 Å². The molecule has 0 spiro atoms. The number of nitrogens with zero attached hydrogens (tertiary/aromatic N) is 3. The van der Waals surface area contributed by atoms with Crippen molar-refractivity contribution in [2.45, 2.75) is 38.1 Å². The van der Waals surface area contributed by atoms with Gasteiger partial charge in [-0.05, 0) is 32.0 Å². The van der Waals surface area contributed by atoms with Crippen molar-refractivity contribution in [3.63, 3.8) is 0 Å². The highest BCUT2D eigenvalue weighted by Gasteiger charge is 2.17. The van der Waals surface area contributed by atoms with Gasteiger partial charge in [0.05, 0.1) is 0 Å². The van der Waals surface area contributed by atoms with Gasteiger partial charge in [0.1, 0.15) is 17.6 Å². The Morgan fingerprint density at radius 2 is 2.16 bits per heavy atom. The van der Waals surface area contributed by atoms with Gasteiger partial charge in [0.15, 0.2) is 0 Å². The Morgan fingerprint density at radius 3 is 2.89 bits per heavy atom. The van der Waals surface area contributed by atoms with Crippen molar-refractivity contribution in [2.75, 3.05) is 25.5 Å². The largest absolute Gasteiger partial charge is 0.369 e. The normalized spacial score (nSPS) is 16.3. The third-order valence-electron chi connectivity index (χ3n) is 3.83. The average molecular weight is 258 g/mol. The predicted octanol–water partition coefficient (Wildman–Crippen LogP) is 2.63. The number of nitriles is 1. The number of rotatable bonds is 5. The SMILES string of the molecule is CN(CCNc1cccc(C#N)n1)C1CCCCC1. The first-order valence-electron chi connectivity index (χ1n) is 7.11. The standard InChI is InChI=1S/C15H22N4/c1-19(14-7-3-2-4-8-14)11-10-17-15-9-5-6-13(12-16)18-15/h5-6,9,14H,2-4,7-8,10-11H2,1H3,(H,17,18). The maximum absolute atomic E-state index is 8.80. The molecule has 0 bridgehead atoms. The zero-order valence-corrected chi connectivity index (χ0v) is 11.6. The summed E-state index contributed by atoms with van der Waals surface area (Å²) >= 11 is 0. The van der Waals surface area contributed by atoms with Crippen molar-refractivity contribution in [1.29, 1.82) is 5.26 Å². The van der Waals surface area contributed by atoms with E-state index in [0.29, 0.717) is 5.69 Å². The molecule has 4 heteroatoms. The molecular formula is C15H22N4. The zero-order valence-electron chi connectivity index (χ0n) is 11.6. The van der Waals surface area contributed by atoms with Crippen LogP contribution in [0.15, 0.2) is 18.2 Å². The van der Waals surface area contributed by atoms with Crippen LogP contribution in [0.4, 0.5) is 5.82 Å². The summed E-state index contributed by atoms with van der Waals surface area (Å²) in [6.07, 6.45) is 6.80. The molecule has 1 saturated carbocycles. The summed E-state index contributed by atoms with van der Waals surface area (Å²) in [5.74, 6) is 0.788. The van der Waals surface area contributed by atoms with E-state index < -0.39 is 0 Å². The van der Waals surface area contributed by atoms with E-state index in [4.69, 9.17) is 5.26 Å². The molecule has 2 rings (SSSR count). The first-order chi connectivity index (χ1) is 9.29. The van der Waals surface area contributed by atoms with Crippen LogP contribution >= 0.6 is 0 Å². The first-order valence-corrected chi connectivity index (χ1v) is 7.11. The molecule has 0 aliphatic heterocycles. The molecule has 1 aliphatic carbocycles. The van der Waals surface area contributed by atoms with Crippen LogP contribution < -0.4 is 5.32 Å². The average Bonchev–Trinajstić information content (AvgIpc) is 2.48. The molecule has 1 aromatic rings. The Morgan fingerprint density at radius 1 is 1.37 bits per heavy atom. The van der Waals surface area contributed by atoms with E-state index in [9.17, 15) is 0 Å². The Bertz CT molecular complexity index is 432. The summed E-state index contributed by atoms with van der Waals surface area (Å²) in [6.45, 7) is 1.89. The highest BCUT2D eigenvalue weighted by Crippen LogP contribution is 2.21. The second kappa shape index (κ2) is 7.10. The van der Waals surface area contributed by atoms with E-state index in [0.717, 1.165) is 24.9 Å². The van der Waals surface area contributed by atoms with E-state index >= 15 is 0 Å². The molecular weight excluding hydrogens is 236 g/mol. The van der Waals surface area contributed by atoms with Crippen LogP contribution in [0.25, 0.3) is 0 Å². The third kappa shape index (κ3) is 4.22. The molecule has 1 aromatic heterocycles. The van der Waals surface area contributed by atoms with Gasteiger partial charge < -0.3 is 10.2 Å². The monoisotopic (exact) mass is 258 g/mol. The van der Waals surface area contributed by atoms with Crippen molar-refractivity contribution in [3.05, 3.63) is 23.9 Å². The molecule has 1 heterocycles. The van der Waals surface area contributed by atoms with Gasteiger partial charge in [0.25, 0.3) is 0 Å². The summed E-state index contributed by atoms with van der Waals surface area (Å²) in [6, 6.07) is 8.29. The van der Waals surface area contributed by atoms with E-state index in [1.54, 1.807) is 6.07 Å². The van der Waals surface area contributed by atoms with Crippen molar-refractivity contribution < 1.29 is 0 Å². The molecule has 4 nitrogen and oxygen atoms in total. The molecule has 0 radical (unpaired) electrons. The highest BCUT2D eigenvalue weighted by molar-refractivity contribution is 5.38. The van der Waals surface area contributed by atoms with Crippen LogP contribution in [0.5, 0.6) is 0 Å². The number of anilines is 1. The van der Waals surface area contributed by atoms with Crippen LogP contribution in [0.3, 0.4) is 0 Å². The lowest BCUT2D eigenvalue weighted by atomic mass is 9.94. The van der Waals surface area contributed by atoms with E-state index in [-0.39, 0.29) is 0 Å². The lowest BCUT2D eigenvalue weighted by molar-refractivity contribution is 0.198. The van der Waals surface area contributed by atoms with Gasteiger partial charge in [0, 0.05) is 19.1 Å². The minimum Gasteiger partial charge on any atom is -0.369 e. The predicted molar refractivity (Wildman–Crippen MR) is 76.9 cm³/mol. The molecule has 1 fully saturated rings. The van der Waals surface area contributed by atoms with Gasteiger partial charge in [-0.25, -0.2) is 4.98 Å². The molecule has 1 aliphatic rings. The summed E-state index contributed by atoms with van der Waals surface area (Å²) < 4.78 is 0. The minimum absolute atomic E-state index is 0.464. The number of pyridine rings is 1. The molecule has 0 amide bonds. The second-order valence-corrected chi connectivity index (χ2v) is 5.22. The zero-order chi connectivity index (χ0) is 13.5. The van der Waals surface area contributed by atoms with Gasteiger partial charge in [-0.1, -0.05) is 25.3 Å². The van der Waals surface area contributed by atoms with E-state index in [2.05, 4.69) is 28.3 Å². The van der Waals surface area contributed by atoms with Crippen LogP contribution in [0.2, 0.25) is 0 Å². The van der Waals surface area contributed by atoms with Crippen molar-refractivity contribution in [3.8, 4) is 6.07 Å². The molecule has 0 saturated heterocycles. The minimum atomic E-state index is 0.464. The maximum atomic E-state index is 8.80. The van der Waals surface area contributed by atoms with Crippen LogP contribution in [-0.2, 0) is 0 Å². The number of hydrogen-bond acceptors (Lipinski definition) is 4. The lowest BCUT2D eigenvalue weighted by Crippen LogP contribution is -2.36. The summed E-state index contributed by atoms with van der Waals surface area (Å²) in [5, 5.41) is 12.1. The Hall–Kier alpha value is -1.60. The highest BCUT2D eigenvalue weighted by atomic mass is 15.1. The molecule has 102 valence electrons. The molecule has 0 atom stereocenters. The fourth-order valence-electron chi connectivity index (χ4n) is 2.66. The van der Waals surface area contributed by atoms with Crippen molar-refractivity contribution in [2.24, 2.45) is 0 Å². The third-order valence-corrected chi connectivity index (χ3v) is 3.83. The topological polar surface area (TPSA) is 52.0 Å². The Kier molecular flexibility index (Phi) is 5.17. The lowest BCUT2D eigenvalue weighted by Gasteiger charge is -2.31. The van der Waals surface area contributed by atoms with Gasteiger partial charge in [-0.3, -0.25) is 0 Å². The number of nitrogens with one attached hydrogen (secondary N) is 1. The summed E-state index contributed by atoms with van der Waals surface area (Å²) in [7, 11) is 2.21. The quantitative estimate of drug-likeness (QED) is 0.882. The molecule has 0 unspecified atom stereocenters. The Balaban J connectivity index is 1.74. The summed E-state index contributed by atoms with van der Waals surface area (Å²) in [5.41, 5.74) is 0.464. The number of hydrogen-bond donors (Lipinski definition) is 1. The van der Waals surface area contributed by atoms with Crippen LogP contribution in [-0.4, -0.2) is 36.1 Å². The fraction of sp³-hybridized carbons (Fsp3) is 0.600. The van der Waals surface area contributed by atoms with Gasteiger partial charge in [0.2, 0.25) is 0 Å². The van der Waals surface area contributed by atoms with Crippen molar-refractivity contribution >= 4 is 5.82 Å². The number of aromatic nitrogens is 1. The van der Waals surface area contributed by atoms with Crippen LogP contribution in [0.1, 0.15) is 37.8 Å². The molecule has 19 heavy (non-hydrogen) atoms. The maximum Gasteiger partial charge on any atom is 0.142 e. The first kappa shape index (κ1) is 13.8. The van der Waals surface area contributed by atoms with Gasteiger partial charge in [-0.2, -0.15) is 5.26 Å². The summed E-state index contributed by atoms with van der Waals surface area (Å²) in [4.78, 5) is 6.65. The number of likely N-dealkylation sites (N-methyl/N-ethyl adjacent to an activating group) is 1. The van der Waals surface area contributed by atoms with Crippen LogP contribution in [0, 0.1) is 11.3 Å². The second-order valence-electron chi connectivity index (χ2n) is 5.22.